The highest BCUT2D eigenvalue weighted by atomic mass is 15.2. The zero-order valence-electron chi connectivity index (χ0n) is 8.13. The van der Waals surface area contributed by atoms with Crippen molar-refractivity contribution in [3.63, 3.8) is 0 Å². The summed E-state index contributed by atoms with van der Waals surface area (Å²) in [4.78, 5) is 4.29. The van der Waals surface area contributed by atoms with E-state index in [0.717, 1.165) is 13.1 Å². The lowest BCUT2D eigenvalue weighted by Gasteiger charge is -2.21. The van der Waals surface area contributed by atoms with Crippen LogP contribution in [0.25, 0.3) is 0 Å². The van der Waals surface area contributed by atoms with Gasteiger partial charge in [-0.15, -0.1) is 0 Å². The van der Waals surface area contributed by atoms with Crippen LogP contribution in [0.2, 0.25) is 0 Å². The molecular weight excluding hydrogens is 148 g/mol. The Kier molecular flexibility index (Phi) is 4.62. The van der Waals surface area contributed by atoms with Crippen LogP contribution in [-0.2, 0) is 0 Å². The van der Waals surface area contributed by atoms with Gasteiger partial charge in [-0.2, -0.15) is 0 Å². The molecule has 1 rings (SSSR count). The number of rotatable bonds is 3. The highest BCUT2D eigenvalue weighted by Crippen LogP contribution is 2.08. The number of likely N-dealkylation sites (N-methyl/N-ethyl adjacent to an activating group) is 1. The Balaban J connectivity index is 2.12. The van der Waals surface area contributed by atoms with Crippen LogP contribution in [0.5, 0.6) is 0 Å². The van der Waals surface area contributed by atoms with Gasteiger partial charge in [0.15, 0.2) is 0 Å². The van der Waals surface area contributed by atoms with Gasteiger partial charge in [-0.05, 0) is 33.0 Å². The quantitative estimate of drug-likeness (QED) is 0.589. The molecule has 0 spiro atoms. The minimum absolute atomic E-state index is 0.986. The second-order valence-electron chi connectivity index (χ2n) is 3.74. The molecule has 1 aliphatic rings. The van der Waals surface area contributed by atoms with Crippen molar-refractivity contribution in [3.05, 3.63) is 7.05 Å². The van der Waals surface area contributed by atoms with Gasteiger partial charge in [0, 0.05) is 20.1 Å². The summed E-state index contributed by atoms with van der Waals surface area (Å²) in [5.74, 6) is 0. The first-order chi connectivity index (χ1) is 5.79. The van der Waals surface area contributed by atoms with Gasteiger partial charge in [0.25, 0.3) is 0 Å². The molecule has 2 radical (unpaired) electrons. The average Bonchev–Trinajstić information content (AvgIpc) is 2.28. The second kappa shape index (κ2) is 5.55. The molecule has 0 atom stereocenters. The fraction of sp³-hybridized carbons (Fsp3) is 0.900. The summed E-state index contributed by atoms with van der Waals surface area (Å²) in [5.41, 5.74) is 0. The molecule has 1 fully saturated rings. The zero-order valence-corrected chi connectivity index (χ0v) is 8.13. The van der Waals surface area contributed by atoms with E-state index in [1.807, 2.05) is 7.05 Å². The van der Waals surface area contributed by atoms with E-state index in [9.17, 15) is 0 Å². The summed E-state index contributed by atoms with van der Waals surface area (Å²) >= 11 is 0. The van der Waals surface area contributed by atoms with Gasteiger partial charge in [0.05, 0.1) is 0 Å². The van der Waals surface area contributed by atoms with Crippen LogP contribution in [0, 0.1) is 7.05 Å². The van der Waals surface area contributed by atoms with Crippen molar-refractivity contribution in [2.45, 2.75) is 25.7 Å². The molecule has 0 aliphatic carbocycles. The Morgan fingerprint density at radius 3 is 2.25 bits per heavy atom. The molecule has 0 amide bonds. The lowest BCUT2D eigenvalue weighted by atomic mass is 10.2. The Morgan fingerprint density at radius 2 is 1.75 bits per heavy atom. The summed E-state index contributed by atoms with van der Waals surface area (Å²) in [5, 5.41) is 0. The average molecular weight is 168 g/mol. The third-order valence-electron chi connectivity index (χ3n) is 2.47. The molecule has 0 N–H and O–H groups in total. The second-order valence-corrected chi connectivity index (χ2v) is 3.74. The first-order valence-electron chi connectivity index (χ1n) is 4.97. The first kappa shape index (κ1) is 10.0. The maximum atomic E-state index is 5.56. The van der Waals surface area contributed by atoms with Crippen LogP contribution >= 0.6 is 0 Å². The fourth-order valence-electron chi connectivity index (χ4n) is 1.66. The Hall–Kier alpha value is -0.0800. The first-order valence-corrected chi connectivity index (χ1v) is 4.97. The van der Waals surface area contributed by atoms with E-state index in [-0.39, 0.29) is 0 Å². The van der Waals surface area contributed by atoms with Crippen molar-refractivity contribution in [3.8, 4) is 0 Å². The summed E-state index contributed by atoms with van der Waals surface area (Å²) in [6.07, 6.45) is 5.56. The van der Waals surface area contributed by atoms with E-state index in [2.05, 4.69) is 4.90 Å². The summed E-state index contributed by atoms with van der Waals surface area (Å²) in [6, 6.07) is 0. The Morgan fingerprint density at radius 1 is 1.17 bits per heavy atom. The van der Waals surface area contributed by atoms with Gasteiger partial charge in [-0.25, -0.2) is 0 Å². The standard InChI is InChI=1S/C10H20N2/c1-11(2)9-10-12-7-5-3-4-6-8-12/h1H,3-10H2,2H3. The molecule has 1 heterocycles. The highest BCUT2D eigenvalue weighted by Gasteiger charge is 2.07. The van der Waals surface area contributed by atoms with E-state index in [1.165, 1.54) is 38.8 Å². The van der Waals surface area contributed by atoms with Crippen LogP contribution in [0.3, 0.4) is 0 Å². The molecule has 0 aromatic rings. The molecule has 2 heteroatoms. The fourth-order valence-corrected chi connectivity index (χ4v) is 1.66. The minimum Gasteiger partial charge on any atom is -0.302 e. The van der Waals surface area contributed by atoms with E-state index in [0.29, 0.717) is 0 Å². The molecule has 1 saturated heterocycles. The zero-order chi connectivity index (χ0) is 8.81. The van der Waals surface area contributed by atoms with Crippen LogP contribution in [0.4, 0.5) is 0 Å². The van der Waals surface area contributed by atoms with E-state index < -0.39 is 0 Å². The van der Waals surface area contributed by atoms with Crippen molar-refractivity contribution < 1.29 is 0 Å². The van der Waals surface area contributed by atoms with Gasteiger partial charge in [0.1, 0.15) is 0 Å². The predicted molar refractivity (Wildman–Crippen MR) is 51.8 cm³/mol. The van der Waals surface area contributed by atoms with E-state index in [1.54, 1.807) is 4.90 Å². The molecule has 12 heavy (non-hydrogen) atoms. The molecule has 0 aromatic carbocycles. The van der Waals surface area contributed by atoms with Crippen molar-refractivity contribution >= 4 is 0 Å². The lowest BCUT2D eigenvalue weighted by Crippen LogP contribution is -2.31. The number of hydrogen-bond acceptors (Lipinski definition) is 2. The number of likely N-dealkylation sites (tertiary alicyclic amines) is 1. The van der Waals surface area contributed by atoms with Crippen molar-refractivity contribution in [1.29, 1.82) is 0 Å². The largest absolute Gasteiger partial charge is 0.302 e. The van der Waals surface area contributed by atoms with Crippen LogP contribution < -0.4 is 0 Å². The van der Waals surface area contributed by atoms with Crippen LogP contribution in [0.1, 0.15) is 25.7 Å². The molecule has 0 unspecified atom stereocenters. The summed E-state index contributed by atoms with van der Waals surface area (Å²) < 4.78 is 0. The van der Waals surface area contributed by atoms with Crippen LogP contribution in [0.15, 0.2) is 0 Å². The highest BCUT2D eigenvalue weighted by molar-refractivity contribution is 4.64. The molecular formula is C10H20N2. The molecule has 2 nitrogen and oxygen atoms in total. The minimum atomic E-state index is 0.986. The molecule has 0 saturated carbocycles. The van der Waals surface area contributed by atoms with E-state index >= 15 is 0 Å². The summed E-state index contributed by atoms with van der Waals surface area (Å²) in [7, 11) is 7.48. The number of hydrogen-bond donors (Lipinski definition) is 0. The molecule has 0 bridgehead atoms. The monoisotopic (exact) mass is 168 g/mol. The SMILES string of the molecule is [CH]N(C)CCN1CCCCCC1. The van der Waals surface area contributed by atoms with E-state index in [4.69, 9.17) is 7.05 Å². The van der Waals surface area contributed by atoms with Gasteiger partial charge in [0.2, 0.25) is 0 Å². The van der Waals surface area contributed by atoms with Gasteiger partial charge in [-0.1, -0.05) is 12.8 Å². The van der Waals surface area contributed by atoms with Crippen molar-refractivity contribution in [1.82, 2.24) is 9.80 Å². The van der Waals surface area contributed by atoms with Crippen molar-refractivity contribution in [2.75, 3.05) is 33.2 Å². The number of nitrogens with zero attached hydrogens (tertiary/aromatic N) is 2. The lowest BCUT2D eigenvalue weighted by molar-refractivity contribution is 0.256. The predicted octanol–water partition coefficient (Wildman–Crippen LogP) is 1.46. The van der Waals surface area contributed by atoms with Crippen molar-refractivity contribution in [2.24, 2.45) is 0 Å². The Bertz CT molecular complexity index is 104. The third-order valence-corrected chi connectivity index (χ3v) is 2.47. The van der Waals surface area contributed by atoms with Gasteiger partial charge < -0.3 is 4.90 Å². The smallest absolute Gasteiger partial charge is 0.0436 e. The molecule has 70 valence electrons. The normalized spacial score (nSPS) is 21.2. The third kappa shape index (κ3) is 4.07. The topological polar surface area (TPSA) is 6.48 Å². The van der Waals surface area contributed by atoms with Gasteiger partial charge >= 0.3 is 0 Å². The molecule has 0 aromatic heterocycles. The Labute approximate surface area is 76.5 Å². The molecule has 1 aliphatic heterocycles. The summed E-state index contributed by atoms with van der Waals surface area (Å²) in [6.45, 7) is 4.66. The maximum Gasteiger partial charge on any atom is 0.0436 e. The van der Waals surface area contributed by atoms with Gasteiger partial charge in [-0.3, -0.25) is 4.90 Å². The maximum absolute atomic E-state index is 5.56. The van der Waals surface area contributed by atoms with Crippen LogP contribution in [-0.4, -0.2) is 43.0 Å².